The van der Waals surface area contributed by atoms with Crippen LogP contribution >= 0.6 is 0 Å². The third-order valence-corrected chi connectivity index (χ3v) is 6.40. The van der Waals surface area contributed by atoms with E-state index in [0.29, 0.717) is 12.2 Å². The van der Waals surface area contributed by atoms with Gasteiger partial charge in [0.1, 0.15) is 0 Å². The average molecular weight is 403 g/mol. The van der Waals surface area contributed by atoms with Crippen LogP contribution in [0.2, 0.25) is 0 Å². The molecule has 0 aliphatic carbocycles. The van der Waals surface area contributed by atoms with Crippen molar-refractivity contribution in [2.75, 3.05) is 0 Å². The highest BCUT2D eigenvalue weighted by atomic mass is 32.2. The first-order valence-electron chi connectivity index (χ1n) is 9.58. The van der Waals surface area contributed by atoms with Crippen LogP contribution in [0.4, 0.5) is 0 Å². The summed E-state index contributed by atoms with van der Waals surface area (Å²) in [5.41, 5.74) is 4.11. The summed E-state index contributed by atoms with van der Waals surface area (Å²) in [4.78, 5) is 4.67. The normalized spacial score (nSPS) is 11.5. The molecule has 146 valence electrons. The molecule has 0 unspecified atom stereocenters. The molecular formula is C24H22N2O2S. The zero-order chi connectivity index (χ0) is 20.3. The topological polar surface area (TPSA) is 52.0 Å². The standard InChI is InChI=1S/C24H22N2O2S/c1-2-26-23(21-16-10-5-11-17-21)22(20-14-8-4-9-15-20)25-24(26)29(27,28)18-19-12-6-3-7-13-19/h3-17H,2,18H2,1H3. The van der Waals surface area contributed by atoms with Gasteiger partial charge < -0.3 is 4.57 Å². The Kier molecular flexibility index (Phi) is 5.32. The van der Waals surface area contributed by atoms with E-state index in [4.69, 9.17) is 0 Å². The highest BCUT2D eigenvalue weighted by Crippen LogP contribution is 2.35. The summed E-state index contributed by atoms with van der Waals surface area (Å²) < 4.78 is 28.5. The van der Waals surface area contributed by atoms with Crippen LogP contribution in [-0.2, 0) is 22.1 Å². The summed E-state index contributed by atoms with van der Waals surface area (Å²) >= 11 is 0. The molecule has 0 atom stereocenters. The van der Waals surface area contributed by atoms with Gasteiger partial charge in [-0.3, -0.25) is 0 Å². The van der Waals surface area contributed by atoms with Gasteiger partial charge in [-0.2, -0.15) is 0 Å². The van der Waals surface area contributed by atoms with Crippen LogP contribution in [0.15, 0.2) is 96.2 Å². The van der Waals surface area contributed by atoms with Crippen LogP contribution < -0.4 is 0 Å². The van der Waals surface area contributed by atoms with E-state index in [0.717, 1.165) is 22.4 Å². The van der Waals surface area contributed by atoms with E-state index < -0.39 is 9.84 Å². The monoisotopic (exact) mass is 402 g/mol. The molecule has 4 nitrogen and oxygen atoms in total. The summed E-state index contributed by atoms with van der Waals surface area (Å²) in [6.07, 6.45) is 0. The maximum absolute atomic E-state index is 13.3. The van der Waals surface area contributed by atoms with Crippen molar-refractivity contribution >= 4 is 9.84 Å². The van der Waals surface area contributed by atoms with E-state index in [9.17, 15) is 8.42 Å². The Balaban J connectivity index is 1.93. The summed E-state index contributed by atoms with van der Waals surface area (Å²) in [7, 11) is -3.62. The Morgan fingerprint density at radius 1 is 0.759 bits per heavy atom. The van der Waals surface area contributed by atoms with Crippen molar-refractivity contribution in [2.45, 2.75) is 24.4 Å². The highest BCUT2D eigenvalue weighted by Gasteiger charge is 2.27. The summed E-state index contributed by atoms with van der Waals surface area (Å²) in [5, 5.41) is 0.113. The lowest BCUT2D eigenvalue weighted by atomic mass is 10.0. The van der Waals surface area contributed by atoms with Crippen molar-refractivity contribution in [2.24, 2.45) is 0 Å². The fourth-order valence-electron chi connectivity index (χ4n) is 3.51. The van der Waals surface area contributed by atoms with Crippen LogP contribution in [0, 0.1) is 0 Å². The van der Waals surface area contributed by atoms with E-state index in [-0.39, 0.29) is 10.9 Å². The molecular weight excluding hydrogens is 380 g/mol. The van der Waals surface area contributed by atoms with Gasteiger partial charge in [0.2, 0.25) is 15.0 Å². The molecule has 1 aromatic heterocycles. The van der Waals surface area contributed by atoms with Crippen LogP contribution in [0.5, 0.6) is 0 Å². The molecule has 0 saturated carbocycles. The molecule has 3 aromatic carbocycles. The van der Waals surface area contributed by atoms with Crippen LogP contribution in [0.3, 0.4) is 0 Å². The van der Waals surface area contributed by atoms with E-state index in [1.54, 1.807) is 0 Å². The molecule has 1 heterocycles. The molecule has 4 aromatic rings. The summed E-state index contributed by atoms with van der Waals surface area (Å²) in [5.74, 6) is -0.0761. The van der Waals surface area contributed by atoms with Gasteiger partial charge in [-0.15, -0.1) is 0 Å². The Labute approximate surface area is 171 Å². The van der Waals surface area contributed by atoms with Crippen molar-refractivity contribution < 1.29 is 8.42 Å². The molecule has 0 N–H and O–H groups in total. The van der Waals surface area contributed by atoms with Gasteiger partial charge in [0.25, 0.3) is 0 Å². The number of benzene rings is 3. The van der Waals surface area contributed by atoms with Crippen LogP contribution in [-0.4, -0.2) is 18.0 Å². The lowest BCUT2D eigenvalue weighted by molar-refractivity contribution is 0.569. The molecule has 0 amide bonds. The van der Waals surface area contributed by atoms with E-state index in [1.165, 1.54) is 0 Å². The van der Waals surface area contributed by atoms with Crippen LogP contribution in [0.1, 0.15) is 12.5 Å². The van der Waals surface area contributed by atoms with E-state index >= 15 is 0 Å². The van der Waals surface area contributed by atoms with Gasteiger partial charge >= 0.3 is 0 Å². The molecule has 4 rings (SSSR count). The van der Waals surface area contributed by atoms with Crippen LogP contribution in [0.25, 0.3) is 22.5 Å². The molecule has 5 heteroatoms. The Bertz CT molecular complexity index is 1200. The van der Waals surface area contributed by atoms with Crippen molar-refractivity contribution in [3.8, 4) is 22.5 Å². The zero-order valence-electron chi connectivity index (χ0n) is 16.2. The fraction of sp³-hybridized carbons (Fsp3) is 0.125. The maximum atomic E-state index is 13.3. The van der Waals surface area contributed by atoms with Gasteiger partial charge in [0, 0.05) is 17.7 Å². The quantitative estimate of drug-likeness (QED) is 0.445. The van der Waals surface area contributed by atoms with Gasteiger partial charge in [-0.1, -0.05) is 91.0 Å². The predicted octanol–water partition coefficient (Wildman–Crippen LogP) is 5.21. The van der Waals surface area contributed by atoms with Crippen molar-refractivity contribution in [3.63, 3.8) is 0 Å². The summed E-state index contributed by atoms with van der Waals surface area (Å²) in [6.45, 7) is 2.46. The average Bonchev–Trinajstić information content (AvgIpc) is 3.16. The molecule has 0 radical (unpaired) electrons. The second-order valence-electron chi connectivity index (χ2n) is 6.81. The number of rotatable bonds is 6. The molecule has 0 spiro atoms. The second kappa shape index (κ2) is 8.05. The molecule has 0 bridgehead atoms. The number of nitrogens with zero attached hydrogens (tertiary/aromatic N) is 2. The first-order valence-corrected chi connectivity index (χ1v) is 11.2. The fourth-order valence-corrected chi connectivity index (χ4v) is 5.05. The minimum atomic E-state index is -3.62. The lowest BCUT2D eigenvalue weighted by Gasteiger charge is -2.11. The van der Waals surface area contributed by atoms with E-state index in [2.05, 4.69) is 4.98 Å². The third-order valence-electron chi connectivity index (χ3n) is 4.82. The van der Waals surface area contributed by atoms with Gasteiger partial charge in [-0.25, -0.2) is 13.4 Å². The predicted molar refractivity (Wildman–Crippen MR) is 116 cm³/mol. The Hall–Kier alpha value is -3.18. The van der Waals surface area contributed by atoms with Gasteiger partial charge in [0.05, 0.1) is 17.1 Å². The molecule has 0 aliphatic rings. The summed E-state index contributed by atoms with van der Waals surface area (Å²) in [6, 6.07) is 28.8. The highest BCUT2D eigenvalue weighted by molar-refractivity contribution is 7.90. The SMILES string of the molecule is CCn1c(S(=O)(=O)Cc2ccccc2)nc(-c2ccccc2)c1-c1ccccc1. The Morgan fingerprint density at radius 2 is 1.28 bits per heavy atom. The number of aromatic nitrogens is 2. The third kappa shape index (κ3) is 3.87. The first kappa shape index (κ1) is 19.2. The Morgan fingerprint density at radius 3 is 1.83 bits per heavy atom. The minimum Gasteiger partial charge on any atom is -0.315 e. The molecule has 0 aliphatic heterocycles. The number of sulfone groups is 1. The van der Waals surface area contributed by atoms with Gasteiger partial charge in [-0.05, 0) is 12.5 Å². The number of imidazole rings is 1. The molecule has 0 fully saturated rings. The second-order valence-corrected chi connectivity index (χ2v) is 8.70. The van der Waals surface area contributed by atoms with Crippen molar-refractivity contribution in [1.29, 1.82) is 0 Å². The largest absolute Gasteiger partial charge is 0.315 e. The van der Waals surface area contributed by atoms with Gasteiger partial charge in [0.15, 0.2) is 0 Å². The molecule has 29 heavy (non-hydrogen) atoms. The lowest BCUT2D eigenvalue weighted by Crippen LogP contribution is -2.13. The first-order chi connectivity index (χ1) is 14.1. The zero-order valence-corrected chi connectivity index (χ0v) is 17.0. The van der Waals surface area contributed by atoms with E-state index in [1.807, 2.05) is 102 Å². The van der Waals surface area contributed by atoms with Crippen molar-refractivity contribution in [1.82, 2.24) is 9.55 Å². The number of hydrogen-bond acceptors (Lipinski definition) is 3. The molecule has 0 saturated heterocycles. The maximum Gasteiger partial charge on any atom is 0.229 e. The minimum absolute atomic E-state index is 0.0761. The number of hydrogen-bond donors (Lipinski definition) is 0. The smallest absolute Gasteiger partial charge is 0.229 e. The van der Waals surface area contributed by atoms with Crippen molar-refractivity contribution in [3.05, 3.63) is 96.6 Å².